The summed E-state index contributed by atoms with van der Waals surface area (Å²) in [6, 6.07) is 5.69. The number of aliphatic hydroxyl groups is 1. The summed E-state index contributed by atoms with van der Waals surface area (Å²) < 4.78 is 10.7. The van der Waals surface area contributed by atoms with Gasteiger partial charge in [-0.25, -0.2) is 0 Å². The summed E-state index contributed by atoms with van der Waals surface area (Å²) >= 11 is 0. The van der Waals surface area contributed by atoms with Crippen molar-refractivity contribution >= 4 is 17.8 Å². The first kappa shape index (κ1) is 19.0. The van der Waals surface area contributed by atoms with Crippen molar-refractivity contribution in [3.8, 4) is 11.5 Å². The number of benzene rings is 1. The molecule has 0 aliphatic carbocycles. The Bertz CT molecular complexity index is 754. The summed E-state index contributed by atoms with van der Waals surface area (Å²) in [5.74, 6) is 2.88. The molecule has 146 valence electrons. The summed E-state index contributed by atoms with van der Waals surface area (Å²) in [7, 11) is 0. The topological polar surface area (TPSA) is 113 Å². The van der Waals surface area contributed by atoms with Gasteiger partial charge in [0.1, 0.15) is 0 Å². The molecule has 9 nitrogen and oxygen atoms in total. The Labute approximate surface area is 158 Å². The normalized spacial score (nSPS) is 13.3. The molecule has 0 spiro atoms. The van der Waals surface area contributed by atoms with Gasteiger partial charge in [0.2, 0.25) is 24.6 Å². The van der Waals surface area contributed by atoms with Crippen LogP contribution in [0.5, 0.6) is 11.5 Å². The lowest BCUT2D eigenvalue weighted by Gasteiger charge is -2.15. The van der Waals surface area contributed by atoms with E-state index in [2.05, 4.69) is 37.8 Å². The summed E-state index contributed by atoms with van der Waals surface area (Å²) in [5, 5.41) is 18.9. The molecule has 1 aliphatic heterocycles. The summed E-state index contributed by atoms with van der Waals surface area (Å²) in [5.41, 5.74) is 1.03. The van der Waals surface area contributed by atoms with E-state index >= 15 is 0 Å². The quantitative estimate of drug-likeness (QED) is 0.497. The average molecular weight is 374 g/mol. The van der Waals surface area contributed by atoms with Crippen LogP contribution in [0.3, 0.4) is 0 Å². The molecule has 0 saturated carbocycles. The van der Waals surface area contributed by atoms with E-state index < -0.39 is 0 Å². The number of fused-ring (bicyclic) bond motifs is 1. The first-order valence-corrected chi connectivity index (χ1v) is 9.21. The van der Waals surface area contributed by atoms with E-state index in [4.69, 9.17) is 9.47 Å². The standard InChI is InChI=1S/C18H26N6O3/c1-3-7-19-16-22-17(24-18(23-16)21-13(4-2)10-25)20-9-12-5-6-14-15(8-12)27-11-26-14/h5-6,8,13,25H,3-4,7,9-11H2,1-2H3,(H3,19,20,21,22,23,24)/t13-/m1/s1. The van der Waals surface area contributed by atoms with E-state index in [0.717, 1.165) is 36.4 Å². The van der Waals surface area contributed by atoms with Gasteiger partial charge in [-0.2, -0.15) is 15.0 Å². The number of aromatic nitrogens is 3. The van der Waals surface area contributed by atoms with E-state index in [1.165, 1.54) is 0 Å². The van der Waals surface area contributed by atoms with Gasteiger partial charge >= 0.3 is 0 Å². The van der Waals surface area contributed by atoms with Crippen molar-refractivity contribution in [3.05, 3.63) is 23.8 Å². The molecule has 2 aromatic rings. The fourth-order valence-electron chi connectivity index (χ4n) is 2.53. The van der Waals surface area contributed by atoms with Crippen LogP contribution in [-0.4, -0.2) is 46.0 Å². The van der Waals surface area contributed by atoms with Gasteiger partial charge in [0, 0.05) is 13.1 Å². The Morgan fingerprint density at radius 2 is 1.78 bits per heavy atom. The van der Waals surface area contributed by atoms with Crippen LogP contribution in [-0.2, 0) is 6.54 Å². The van der Waals surface area contributed by atoms with Crippen molar-refractivity contribution in [3.63, 3.8) is 0 Å². The first-order chi connectivity index (χ1) is 13.2. The van der Waals surface area contributed by atoms with E-state index in [0.29, 0.717) is 24.4 Å². The highest BCUT2D eigenvalue weighted by Crippen LogP contribution is 2.32. The van der Waals surface area contributed by atoms with Crippen molar-refractivity contribution in [2.24, 2.45) is 0 Å². The van der Waals surface area contributed by atoms with Crippen molar-refractivity contribution in [2.45, 2.75) is 39.3 Å². The molecule has 1 atom stereocenters. The molecule has 0 saturated heterocycles. The Morgan fingerprint density at radius 1 is 1.04 bits per heavy atom. The van der Waals surface area contributed by atoms with E-state index in [9.17, 15) is 5.11 Å². The summed E-state index contributed by atoms with van der Waals surface area (Å²) in [6.45, 7) is 5.63. The highest BCUT2D eigenvalue weighted by Gasteiger charge is 2.14. The lowest BCUT2D eigenvalue weighted by molar-refractivity contribution is 0.174. The summed E-state index contributed by atoms with van der Waals surface area (Å²) in [4.78, 5) is 13.2. The zero-order valence-corrected chi connectivity index (χ0v) is 15.7. The number of ether oxygens (including phenoxy) is 2. The predicted molar refractivity (Wildman–Crippen MR) is 103 cm³/mol. The minimum Gasteiger partial charge on any atom is -0.454 e. The van der Waals surface area contributed by atoms with Gasteiger partial charge in [-0.05, 0) is 30.5 Å². The molecule has 2 heterocycles. The number of aliphatic hydroxyl groups excluding tert-OH is 1. The Balaban J connectivity index is 1.72. The second-order valence-corrected chi connectivity index (χ2v) is 6.21. The SMILES string of the molecule is CCCNc1nc(NCc2ccc3c(c2)OCO3)nc(N[C@H](CC)CO)n1. The van der Waals surface area contributed by atoms with Gasteiger partial charge in [0.05, 0.1) is 12.6 Å². The van der Waals surface area contributed by atoms with E-state index in [1.807, 2.05) is 25.1 Å². The minimum absolute atomic E-state index is 0.0138. The van der Waals surface area contributed by atoms with Crippen LogP contribution in [0.4, 0.5) is 17.8 Å². The third-order valence-corrected chi connectivity index (χ3v) is 4.10. The Hall–Kier alpha value is -2.81. The monoisotopic (exact) mass is 374 g/mol. The number of anilines is 3. The molecule has 3 rings (SSSR count). The first-order valence-electron chi connectivity index (χ1n) is 9.21. The molecule has 1 aliphatic rings. The van der Waals surface area contributed by atoms with Crippen molar-refractivity contribution in [2.75, 3.05) is 35.9 Å². The van der Waals surface area contributed by atoms with Gasteiger partial charge in [-0.3, -0.25) is 0 Å². The van der Waals surface area contributed by atoms with Crippen LogP contribution in [0, 0.1) is 0 Å². The minimum atomic E-state index is -0.104. The molecule has 1 aromatic heterocycles. The van der Waals surface area contributed by atoms with Crippen molar-refractivity contribution in [1.82, 2.24) is 15.0 Å². The predicted octanol–water partition coefficient (Wildman–Crippen LogP) is 2.22. The second kappa shape index (κ2) is 9.22. The fourth-order valence-corrected chi connectivity index (χ4v) is 2.53. The largest absolute Gasteiger partial charge is 0.454 e. The number of hydrogen-bond acceptors (Lipinski definition) is 9. The van der Waals surface area contributed by atoms with Crippen molar-refractivity contribution < 1.29 is 14.6 Å². The third-order valence-electron chi connectivity index (χ3n) is 4.10. The molecular formula is C18H26N6O3. The van der Waals surface area contributed by atoms with Crippen LogP contribution in [0.2, 0.25) is 0 Å². The average Bonchev–Trinajstić information content (AvgIpc) is 3.16. The number of hydrogen-bond donors (Lipinski definition) is 4. The number of nitrogens with one attached hydrogen (secondary N) is 3. The maximum atomic E-state index is 9.41. The van der Waals surface area contributed by atoms with Gasteiger partial charge in [-0.15, -0.1) is 0 Å². The highest BCUT2D eigenvalue weighted by molar-refractivity contribution is 5.46. The maximum absolute atomic E-state index is 9.41. The second-order valence-electron chi connectivity index (χ2n) is 6.21. The molecule has 1 aromatic carbocycles. The summed E-state index contributed by atoms with van der Waals surface area (Å²) in [6.07, 6.45) is 1.72. The highest BCUT2D eigenvalue weighted by atomic mass is 16.7. The molecule has 0 fully saturated rings. The van der Waals surface area contributed by atoms with Crippen LogP contribution in [0.15, 0.2) is 18.2 Å². The zero-order valence-electron chi connectivity index (χ0n) is 15.7. The van der Waals surface area contributed by atoms with E-state index in [-0.39, 0.29) is 19.4 Å². The molecule has 27 heavy (non-hydrogen) atoms. The van der Waals surface area contributed by atoms with Gasteiger partial charge in [0.15, 0.2) is 11.5 Å². The molecule has 9 heteroatoms. The Morgan fingerprint density at radius 3 is 2.52 bits per heavy atom. The van der Waals surface area contributed by atoms with Gasteiger partial charge in [-0.1, -0.05) is 19.9 Å². The zero-order chi connectivity index (χ0) is 19.1. The maximum Gasteiger partial charge on any atom is 0.231 e. The van der Waals surface area contributed by atoms with Gasteiger partial charge < -0.3 is 30.5 Å². The third kappa shape index (κ3) is 5.10. The lowest BCUT2D eigenvalue weighted by Crippen LogP contribution is -2.24. The number of nitrogens with zero attached hydrogens (tertiary/aromatic N) is 3. The molecular weight excluding hydrogens is 348 g/mol. The Kier molecular flexibility index (Phi) is 6.48. The van der Waals surface area contributed by atoms with Crippen LogP contribution >= 0.6 is 0 Å². The molecule has 4 N–H and O–H groups in total. The fraction of sp³-hybridized carbons (Fsp3) is 0.500. The smallest absolute Gasteiger partial charge is 0.231 e. The molecule has 0 unspecified atom stereocenters. The molecule has 0 amide bonds. The van der Waals surface area contributed by atoms with Crippen LogP contribution in [0.1, 0.15) is 32.3 Å². The lowest BCUT2D eigenvalue weighted by atomic mass is 10.2. The number of rotatable bonds is 10. The van der Waals surface area contributed by atoms with Gasteiger partial charge in [0.25, 0.3) is 0 Å². The van der Waals surface area contributed by atoms with E-state index in [1.54, 1.807) is 0 Å². The van der Waals surface area contributed by atoms with Crippen LogP contribution < -0.4 is 25.4 Å². The molecule has 0 radical (unpaired) electrons. The van der Waals surface area contributed by atoms with Crippen molar-refractivity contribution in [1.29, 1.82) is 0 Å². The molecule has 0 bridgehead atoms. The van der Waals surface area contributed by atoms with Crippen LogP contribution in [0.25, 0.3) is 0 Å².